The lowest BCUT2D eigenvalue weighted by Crippen LogP contribution is -2.38. The number of ether oxygens (including phenoxy) is 2. The normalized spacial score (nSPS) is 13.7. The summed E-state index contributed by atoms with van der Waals surface area (Å²) in [4.78, 5) is 23.5. The molecule has 1 atom stereocenters. The molecule has 1 aromatic carbocycles. The second-order valence-electron chi connectivity index (χ2n) is 7.45. The zero-order valence-corrected chi connectivity index (χ0v) is 16.7. The second kappa shape index (κ2) is 9.54. The quantitative estimate of drug-likeness (QED) is 0.399. The molecule has 9 heteroatoms. The largest absolute Gasteiger partial charge is 0.463 e. The van der Waals surface area contributed by atoms with Gasteiger partial charge in [0.05, 0.1) is 12.2 Å². The van der Waals surface area contributed by atoms with Gasteiger partial charge in [-0.3, -0.25) is 0 Å². The monoisotopic (exact) mass is 424 g/mol. The summed E-state index contributed by atoms with van der Waals surface area (Å²) >= 11 is 0. The Kier molecular flexibility index (Phi) is 8.17. The molecule has 0 fully saturated rings. The molecule has 0 bridgehead atoms. The molecule has 0 aliphatic heterocycles. The Hall–Kier alpha value is -2.19. The molecule has 1 unspecified atom stereocenters. The summed E-state index contributed by atoms with van der Waals surface area (Å²) < 4.78 is 73.2. The minimum atomic E-state index is -5.13. The van der Waals surface area contributed by atoms with Crippen LogP contribution in [0.1, 0.15) is 56.5 Å². The number of halogens is 5. The Balaban J connectivity index is 2.51. The number of rotatable bonds is 9. The SMILES string of the molecule is CCC(C)(C)c1ccc(C(=O)OCC(=O)OCCC(C(C)(F)F)C(F)(F)F)cc1. The van der Waals surface area contributed by atoms with Crippen molar-refractivity contribution in [3.05, 3.63) is 35.4 Å². The lowest BCUT2D eigenvalue weighted by Gasteiger charge is -2.25. The van der Waals surface area contributed by atoms with Gasteiger partial charge in [-0.25, -0.2) is 18.4 Å². The smallest absolute Gasteiger partial charge is 0.397 e. The summed E-state index contributed by atoms with van der Waals surface area (Å²) in [7, 11) is 0. The van der Waals surface area contributed by atoms with Gasteiger partial charge in [-0.05, 0) is 42.9 Å². The number of hydrogen-bond donors (Lipinski definition) is 0. The van der Waals surface area contributed by atoms with E-state index in [1.807, 2.05) is 20.8 Å². The van der Waals surface area contributed by atoms with Gasteiger partial charge in [-0.15, -0.1) is 0 Å². The molecule has 0 heterocycles. The Bertz CT molecular complexity index is 676. The molecule has 4 nitrogen and oxygen atoms in total. The van der Waals surface area contributed by atoms with E-state index in [1.165, 1.54) is 12.1 Å². The van der Waals surface area contributed by atoms with E-state index in [-0.39, 0.29) is 17.9 Å². The van der Waals surface area contributed by atoms with Crippen molar-refractivity contribution in [1.82, 2.24) is 0 Å². The Labute approximate surface area is 166 Å². The third kappa shape index (κ3) is 7.62. The fourth-order valence-electron chi connectivity index (χ4n) is 2.51. The summed E-state index contributed by atoms with van der Waals surface area (Å²) in [6.07, 6.45) is -5.33. The first-order valence-corrected chi connectivity index (χ1v) is 9.06. The average molecular weight is 424 g/mol. The summed E-state index contributed by atoms with van der Waals surface area (Å²) in [5.74, 6) is -8.87. The van der Waals surface area contributed by atoms with Gasteiger partial charge >= 0.3 is 18.1 Å². The van der Waals surface area contributed by atoms with Crippen LogP contribution in [0.15, 0.2) is 24.3 Å². The molecule has 0 aliphatic carbocycles. The molecular formula is C20H25F5O4. The lowest BCUT2D eigenvalue weighted by atomic mass is 9.82. The highest BCUT2D eigenvalue weighted by molar-refractivity contribution is 5.90. The Morgan fingerprint density at radius 2 is 1.52 bits per heavy atom. The van der Waals surface area contributed by atoms with E-state index in [1.54, 1.807) is 12.1 Å². The molecule has 1 aromatic rings. The molecule has 0 spiro atoms. The van der Waals surface area contributed by atoms with E-state index in [9.17, 15) is 31.5 Å². The van der Waals surface area contributed by atoms with Crippen LogP contribution >= 0.6 is 0 Å². The maximum absolute atomic E-state index is 13.0. The van der Waals surface area contributed by atoms with Gasteiger partial charge in [0, 0.05) is 0 Å². The molecule has 0 saturated carbocycles. The maximum atomic E-state index is 13.0. The zero-order chi connectivity index (χ0) is 22.5. The summed E-state index contributed by atoms with van der Waals surface area (Å²) in [6, 6.07) is 6.61. The first-order valence-electron chi connectivity index (χ1n) is 9.06. The molecule has 1 rings (SSSR count). The van der Waals surface area contributed by atoms with Gasteiger partial charge in [0.1, 0.15) is 5.92 Å². The van der Waals surface area contributed by atoms with Crippen molar-refractivity contribution in [3.8, 4) is 0 Å². The number of hydrogen-bond acceptors (Lipinski definition) is 4. The van der Waals surface area contributed by atoms with Crippen LogP contribution in [-0.2, 0) is 19.7 Å². The predicted octanol–water partition coefficient (Wildman–Crippen LogP) is 5.30. The highest BCUT2D eigenvalue weighted by Gasteiger charge is 2.52. The van der Waals surface area contributed by atoms with Crippen LogP contribution in [-0.4, -0.2) is 37.3 Å². The van der Waals surface area contributed by atoms with E-state index in [0.29, 0.717) is 0 Å². The molecular weight excluding hydrogens is 399 g/mol. The molecule has 0 aromatic heterocycles. The number of benzene rings is 1. The number of esters is 2. The lowest BCUT2D eigenvalue weighted by molar-refractivity contribution is -0.239. The van der Waals surface area contributed by atoms with E-state index >= 15 is 0 Å². The van der Waals surface area contributed by atoms with Gasteiger partial charge < -0.3 is 9.47 Å². The maximum Gasteiger partial charge on any atom is 0.397 e. The topological polar surface area (TPSA) is 52.6 Å². The van der Waals surface area contributed by atoms with Gasteiger partial charge in [0.2, 0.25) is 0 Å². The van der Waals surface area contributed by atoms with Crippen LogP contribution in [0.4, 0.5) is 22.0 Å². The van der Waals surface area contributed by atoms with Crippen molar-refractivity contribution in [2.24, 2.45) is 5.92 Å². The highest BCUT2D eigenvalue weighted by atomic mass is 19.4. The fourth-order valence-corrected chi connectivity index (χ4v) is 2.51. The number of carbonyl (C=O) groups is 2. The van der Waals surface area contributed by atoms with Crippen LogP contribution in [0, 0.1) is 5.92 Å². The van der Waals surface area contributed by atoms with Gasteiger partial charge in [0.15, 0.2) is 6.61 Å². The molecule has 0 radical (unpaired) electrons. The predicted molar refractivity (Wildman–Crippen MR) is 95.8 cm³/mol. The van der Waals surface area contributed by atoms with Crippen LogP contribution in [0.25, 0.3) is 0 Å². The van der Waals surface area contributed by atoms with Crippen LogP contribution in [0.5, 0.6) is 0 Å². The third-order valence-electron chi connectivity index (χ3n) is 4.78. The molecule has 29 heavy (non-hydrogen) atoms. The first kappa shape index (κ1) is 24.8. The summed E-state index contributed by atoms with van der Waals surface area (Å²) in [6.45, 7) is 4.58. The van der Waals surface area contributed by atoms with E-state index in [0.717, 1.165) is 12.0 Å². The fraction of sp³-hybridized carbons (Fsp3) is 0.600. The molecule has 0 N–H and O–H groups in total. The van der Waals surface area contributed by atoms with Crippen molar-refractivity contribution in [2.75, 3.05) is 13.2 Å². The molecule has 164 valence electrons. The number of alkyl halides is 5. The van der Waals surface area contributed by atoms with Crippen LogP contribution in [0.2, 0.25) is 0 Å². The first-order chi connectivity index (χ1) is 13.2. The highest BCUT2D eigenvalue weighted by Crippen LogP contribution is 2.40. The van der Waals surface area contributed by atoms with E-state index in [2.05, 4.69) is 4.74 Å². The number of carbonyl (C=O) groups excluding carboxylic acids is 2. The standard InChI is InChI=1S/C20H25F5O4/c1-5-18(2,3)14-8-6-13(7-9-14)17(27)29-12-16(26)28-11-10-15(19(4,21)22)20(23,24)25/h6-9,15H,5,10-12H2,1-4H3. The molecule has 0 saturated heterocycles. The van der Waals surface area contributed by atoms with E-state index < -0.39 is 49.6 Å². The molecule has 0 amide bonds. The van der Waals surface area contributed by atoms with Gasteiger partial charge in [-0.1, -0.05) is 32.9 Å². The van der Waals surface area contributed by atoms with Gasteiger partial charge in [0.25, 0.3) is 5.92 Å². The van der Waals surface area contributed by atoms with Gasteiger partial charge in [-0.2, -0.15) is 13.2 Å². The van der Waals surface area contributed by atoms with Crippen molar-refractivity contribution in [2.45, 2.75) is 58.1 Å². The van der Waals surface area contributed by atoms with Crippen molar-refractivity contribution >= 4 is 11.9 Å². The molecule has 0 aliphatic rings. The van der Waals surface area contributed by atoms with Crippen LogP contribution < -0.4 is 0 Å². The third-order valence-corrected chi connectivity index (χ3v) is 4.78. The minimum Gasteiger partial charge on any atom is -0.463 e. The summed E-state index contributed by atoms with van der Waals surface area (Å²) in [5.41, 5.74) is 1.13. The summed E-state index contributed by atoms with van der Waals surface area (Å²) in [5, 5.41) is 0. The minimum absolute atomic E-state index is 0.0736. The average Bonchev–Trinajstić information content (AvgIpc) is 2.61. The Morgan fingerprint density at radius 3 is 1.97 bits per heavy atom. The van der Waals surface area contributed by atoms with Crippen LogP contribution in [0.3, 0.4) is 0 Å². The van der Waals surface area contributed by atoms with Crippen molar-refractivity contribution in [1.29, 1.82) is 0 Å². The van der Waals surface area contributed by atoms with Crippen molar-refractivity contribution in [3.63, 3.8) is 0 Å². The van der Waals surface area contributed by atoms with E-state index in [4.69, 9.17) is 4.74 Å². The Morgan fingerprint density at radius 1 is 0.966 bits per heavy atom. The zero-order valence-electron chi connectivity index (χ0n) is 16.7. The van der Waals surface area contributed by atoms with Crippen molar-refractivity contribution < 1.29 is 41.0 Å². The second-order valence-corrected chi connectivity index (χ2v) is 7.45.